The van der Waals surface area contributed by atoms with Crippen LogP contribution in [0.2, 0.25) is 10.0 Å². The molecule has 0 saturated carbocycles. The highest BCUT2D eigenvalue weighted by molar-refractivity contribution is 6.30. The zero-order valence-electron chi connectivity index (χ0n) is 36.6. The van der Waals surface area contributed by atoms with Gasteiger partial charge in [-0.3, -0.25) is 19.5 Å². The lowest BCUT2D eigenvalue weighted by molar-refractivity contribution is -0.121. The molecule has 4 saturated heterocycles. The number of nitrogens with zero attached hydrogens (tertiary/aromatic N) is 6. The minimum Gasteiger partial charge on any atom is -0.444 e. The number of ketones is 1. The first-order valence-electron chi connectivity index (χ1n) is 21.1. The average molecular weight is 857 g/mol. The number of hydrogen-bond acceptors (Lipinski definition) is 10. The van der Waals surface area contributed by atoms with Gasteiger partial charge in [-0.1, -0.05) is 47.5 Å². The predicted molar refractivity (Wildman–Crippen MR) is 235 cm³/mol. The van der Waals surface area contributed by atoms with Crippen LogP contribution in [0.5, 0.6) is 0 Å². The molecule has 2 atom stereocenters. The van der Waals surface area contributed by atoms with Gasteiger partial charge in [0, 0.05) is 114 Å². The van der Waals surface area contributed by atoms with Crippen molar-refractivity contribution in [2.24, 2.45) is 0 Å². The van der Waals surface area contributed by atoms with Crippen molar-refractivity contribution in [1.82, 2.24) is 29.8 Å². The van der Waals surface area contributed by atoms with E-state index in [4.69, 9.17) is 32.7 Å². The summed E-state index contributed by atoms with van der Waals surface area (Å²) in [6, 6.07) is 19.0. The van der Waals surface area contributed by atoms with Crippen LogP contribution in [-0.2, 0) is 27.4 Å². The molecular weight excluding hydrogens is 789 g/mol. The molecule has 4 fully saturated rings. The quantitative estimate of drug-likeness (QED) is 0.318. The summed E-state index contributed by atoms with van der Waals surface area (Å²) in [6.07, 6.45) is 2.56. The van der Waals surface area contributed by atoms with Crippen molar-refractivity contribution in [2.45, 2.75) is 123 Å². The molecule has 59 heavy (non-hydrogen) atoms. The Kier molecular flexibility index (Phi) is 17.9. The van der Waals surface area contributed by atoms with Crippen LogP contribution in [0.4, 0.5) is 9.59 Å². The van der Waals surface area contributed by atoms with E-state index < -0.39 is 16.7 Å². The molecule has 0 radical (unpaired) electrons. The van der Waals surface area contributed by atoms with E-state index >= 15 is 0 Å². The number of piperazine rings is 2. The van der Waals surface area contributed by atoms with Crippen LogP contribution >= 0.6 is 23.2 Å². The van der Waals surface area contributed by atoms with E-state index in [1.165, 1.54) is 11.1 Å². The van der Waals surface area contributed by atoms with E-state index in [2.05, 4.69) is 52.1 Å². The van der Waals surface area contributed by atoms with Crippen molar-refractivity contribution >= 4 is 41.2 Å². The number of Topliss-reactive ketones (excluding diaryl/α,β-unsaturated/α-hetero) is 1. The number of carbonyl (C=O) groups is 3. The minimum atomic E-state index is -0.498. The van der Waals surface area contributed by atoms with Crippen LogP contribution in [0.1, 0.15) is 92.2 Å². The number of amides is 2. The van der Waals surface area contributed by atoms with Gasteiger partial charge in [0.2, 0.25) is 0 Å². The Morgan fingerprint density at radius 2 is 1.19 bits per heavy atom. The monoisotopic (exact) mass is 855 g/mol. The lowest BCUT2D eigenvalue weighted by Gasteiger charge is -2.50. The highest BCUT2D eigenvalue weighted by Gasteiger charge is 2.45. The van der Waals surface area contributed by atoms with Gasteiger partial charge in [0.25, 0.3) is 0 Å². The first-order valence-corrected chi connectivity index (χ1v) is 21.8. The summed E-state index contributed by atoms with van der Waals surface area (Å²) in [5.74, 6) is 0.391. The highest BCUT2D eigenvalue weighted by Crippen LogP contribution is 2.33. The molecule has 4 aliphatic heterocycles. The van der Waals surface area contributed by atoms with Crippen molar-refractivity contribution in [3.63, 3.8) is 0 Å². The van der Waals surface area contributed by atoms with Gasteiger partial charge in [0.1, 0.15) is 22.5 Å². The molecule has 2 amide bonds. The van der Waals surface area contributed by atoms with Crippen molar-refractivity contribution < 1.29 is 23.9 Å². The summed E-state index contributed by atoms with van der Waals surface area (Å²) >= 11 is 11.8. The summed E-state index contributed by atoms with van der Waals surface area (Å²) < 4.78 is 10.8. The Balaban J connectivity index is 0.000000220. The number of benzene rings is 2. The first-order chi connectivity index (χ1) is 27.7. The Bertz CT molecular complexity index is 1690. The summed E-state index contributed by atoms with van der Waals surface area (Å²) in [5.41, 5.74) is 1.14. The van der Waals surface area contributed by atoms with Crippen LogP contribution in [0.3, 0.4) is 0 Å². The summed E-state index contributed by atoms with van der Waals surface area (Å²) in [7, 11) is 0. The summed E-state index contributed by atoms with van der Waals surface area (Å²) in [4.78, 5) is 45.7. The lowest BCUT2D eigenvalue weighted by atomic mass is 9.85. The Morgan fingerprint density at radius 1 is 0.729 bits per heavy atom. The van der Waals surface area contributed by atoms with Gasteiger partial charge in [-0.05, 0) is 104 Å². The van der Waals surface area contributed by atoms with Gasteiger partial charge in [0.15, 0.2) is 0 Å². The van der Waals surface area contributed by atoms with E-state index in [9.17, 15) is 19.6 Å². The molecule has 0 spiro atoms. The lowest BCUT2D eigenvalue weighted by Crippen LogP contribution is -2.64. The second-order valence-corrected chi connectivity index (χ2v) is 19.1. The second-order valence-electron chi connectivity index (χ2n) is 18.2. The topological polar surface area (TPSA) is 122 Å². The van der Waals surface area contributed by atoms with E-state index in [0.717, 1.165) is 81.8 Å². The van der Waals surface area contributed by atoms with Crippen LogP contribution < -0.4 is 5.32 Å². The molecule has 326 valence electrons. The Hall–Kier alpha value is -3.44. The first kappa shape index (κ1) is 48.2. The number of ether oxygens (including phenoxy) is 2. The third-order valence-corrected chi connectivity index (χ3v) is 11.3. The molecule has 2 aromatic rings. The van der Waals surface area contributed by atoms with Crippen molar-refractivity contribution in [3.05, 3.63) is 69.7 Å². The second kappa shape index (κ2) is 21.9. The van der Waals surface area contributed by atoms with Gasteiger partial charge >= 0.3 is 12.2 Å². The summed E-state index contributed by atoms with van der Waals surface area (Å²) in [6.45, 7) is 25.0. The number of nitriles is 1. The highest BCUT2D eigenvalue weighted by atomic mass is 35.5. The smallest absolute Gasteiger partial charge is 0.410 e. The Morgan fingerprint density at radius 3 is 1.61 bits per heavy atom. The van der Waals surface area contributed by atoms with Gasteiger partial charge in [-0.15, -0.1) is 0 Å². The van der Waals surface area contributed by atoms with Gasteiger partial charge in [0.05, 0.1) is 6.07 Å². The van der Waals surface area contributed by atoms with Crippen LogP contribution in [0, 0.1) is 11.3 Å². The maximum atomic E-state index is 12.4. The standard InChI is InChI=1S/C23H33ClN4O2.C12H14ClNO.C10H20N2O2/c1-18-15-27(21(29)30-22(2,3)4)13-14-28(18)23(17-25)9-11-26(12-10-23)16-19-5-7-20(24)8-6-19;13-11-3-1-10(2-4-11)9-14-7-5-12(15)6-8-14;1-8-7-12(6-5-11-8)9(13)14-10(2,3)4/h5-8,18H,9-16H2,1-4H3;1-4H,5-9H2;8,11H,5-7H2,1-4H3/t18-;;8-/m0.0/s1. The molecule has 2 aromatic carbocycles. The summed E-state index contributed by atoms with van der Waals surface area (Å²) in [5, 5.41) is 14.9. The molecule has 0 unspecified atom stereocenters. The molecule has 14 heteroatoms. The fraction of sp³-hybridized carbons (Fsp3) is 0.644. The molecule has 6 rings (SSSR count). The predicted octanol–water partition coefficient (Wildman–Crippen LogP) is 7.86. The van der Waals surface area contributed by atoms with E-state index in [-0.39, 0.29) is 18.2 Å². The fourth-order valence-electron chi connectivity index (χ4n) is 7.71. The van der Waals surface area contributed by atoms with E-state index in [1.54, 1.807) is 9.80 Å². The van der Waals surface area contributed by atoms with Crippen LogP contribution in [-0.4, -0.2) is 137 Å². The molecule has 0 aromatic heterocycles. The fourth-order valence-corrected chi connectivity index (χ4v) is 7.96. The van der Waals surface area contributed by atoms with Crippen molar-refractivity contribution in [2.75, 3.05) is 65.4 Å². The molecule has 0 aliphatic carbocycles. The molecule has 0 bridgehead atoms. The number of rotatable bonds is 5. The average Bonchev–Trinajstić information content (AvgIpc) is 3.17. The third kappa shape index (κ3) is 16.2. The zero-order chi connectivity index (χ0) is 43.4. The molecule has 1 N–H and O–H groups in total. The van der Waals surface area contributed by atoms with Gasteiger partial charge in [-0.25, -0.2) is 9.59 Å². The zero-order valence-corrected chi connectivity index (χ0v) is 38.1. The van der Waals surface area contributed by atoms with Crippen molar-refractivity contribution in [1.29, 1.82) is 5.26 Å². The number of likely N-dealkylation sites (tertiary alicyclic amines) is 2. The third-order valence-electron chi connectivity index (χ3n) is 10.8. The normalized spacial score (nSPS) is 21.9. The van der Waals surface area contributed by atoms with E-state index in [1.807, 2.05) is 77.9 Å². The Labute approximate surface area is 363 Å². The SMILES string of the molecule is C[C@H]1CN(C(=O)OC(C)(C)C)CCN1.C[C@H]1CN(C(=O)OC(C)(C)C)CCN1C1(C#N)CCN(Cc2ccc(Cl)cc2)CC1.O=C1CCN(Cc2ccc(Cl)cc2)CC1. The van der Waals surface area contributed by atoms with Crippen LogP contribution in [0.25, 0.3) is 0 Å². The van der Waals surface area contributed by atoms with Crippen molar-refractivity contribution in [3.8, 4) is 6.07 Å². The van der Waals surface area contributed by atoms with Crippen LogP contribution in [0.15, 0.2) is 48.5 Å². The number of hydrogen-bond donors (Lipinski definition) is 1. The number of halogens is 2. The minimum absolute atomic E-state index is 0.119. The number of nitrogens with one attached hydrogen (secondary N) is 1. The maximum Gasteiger partial charge on any atom is 0.410 e. The van der Waals surface area contributed by atoms with Gasteiger partial charge < -0.3 is 24.6 Å². The maximum absolute atomic E-state index is 12.4. The number of piperidine rings is 2. The molecule has 12 nitrogen and oxygen atoms in total. The molecule has 4 heterocycles. The largest absolute Gasteiger partial charge is 0.444 e. The molecular formula is C45H67Cl2N7O5. The van der Waals surface area contributed by atoms with E-state index in [0.29, 0.717) is 44.3 Å². The number of carbonyl (C=O) groups excluding carboxylic acids is 3. The van der Waals surface area contributed by atoms with Gasteiger partial charge in [-0.2, -0.15) is 5.26 Å². The molecule has 4 aliphatic rings.